The number of hydrogen-bond acceptors (Lipinski definition) is 1. The first kappa shape index (κ1) is 11.7. The van der Waals surface area contributed by atoms with Crippen molar-refractivity contribution in [1.29, 1.82) is 0 Å². The van der Waals surface area contributed by atoms with Crippen molar-refractivity contribution >= 4 is 12.4 Å². The van der Waals surface area contributed by atoms with E-state index in [1.54, 1.807) is 6.08 Å². The first-order valence-electron chi connectivity index (χ1n) is 4.57. The van der Waals surface area contributed by atoms with Gasteiger partial charge in [0.2, 0.25) is 0 Å². The van der Waals surface area contributed by atoms with Gasteiger partial charge in [0.05, 0.1) is 6.61 Å². The molecule has 1 nitrogen and oxygen atoms in total. The van der Waals surface area contributed by atoms with E-state index in [-0.39, 0.29) is 5.75 Å². The Hall–Kier alpha value is -1.39. The van der Waals surface area contributed by atoms with Crippen LogP contribution in [0.15, 0.2) is 36.9 Å². The highest BCUT2D eigenvalue weighted by Crippen LogP contribution is 2.14. The van der Waals surface area contributed by atoms with E-state index in [1.807, 2.05) is 0 Å². The van der Waals surface area contributed by atoms with Gasteiger partial charge < -0.3 is 17.7 Å². The summed E-state index contributed by atoms with van der Waals surface area (Å²) < 4.78 is 42.2. The second kappa shape index (κ2) is 4.91. The van der Waals surface area contributed by atoms with Gasteiger partial charge in [0, 0.05) is 0 Å². The van der Waals surface area contributed by atoms with Gasteiger partial charge in [0.15, 0.2) is 0 Å². The predicted molar refractivity (Wildman–Crippen MR) is 55.5 cm³/mol. The minimum Gasteiger partial charge on any atom is -0.493 e. The third-order valence-corrected chi connectivity index (χ3v) is 1.83. The molecule has 0 amide bonds. The van der Waals surface area contributed by atoms with Crippen LogP contribution < -0.4 is 10.2 Å². The van der Waals surface area contributed by atoms with Crippen LogP contribution >= 0.6 is 0 Å². The van der Waals surface area contributed by atoms with Crippen LogP contribution in [0.5, 0.6) is 5.75 Å². The lowest BCUT2D eigenvalue weighted by Crippen LogP contribution is -2.33. The average Bonchev–Trinajstić information content (AvgIpc) is 2.17. The van der Waals surface area contributed by atoms with Gasteiger partial charge in [-0.25, -0.2) is 0 Å². The van der Waals surface area contributed by atoms with Gasteiger partial charge in [0.1, 0.15) is 5.75 Å². The average molecular weight is 215 g/mol. The van der Waals surface area contributed by atoms with E-state index < -0.39 is 12.4 Å². The Labute approximate surface area is 86.6 Å². The fourth-order valence-corrected chi connectivity index (χ4v) is 1.07. The highest BCUT2D eigenvalue weighted by atomic mass is 19.4. The highest BCUT2D eigenvalue weighted by molar-refractivity contribution is 6.73. The first-order chi connectivity index (χ1) is 7.04. The highest BCUT2D eigenvalue weighted by Gasteiger charge is 2.25. The van der Waals surface area contributed by atoms with E-state index in [1.165, 1.54) is 12.1 Å². The number of halogens is 3. The molecule has 0 aliphatic rings. The Balaban J connectivity index is 2.70. The van der Waals surface area contributed by atoms with E-state index >= 15 is 0 Å². The van der Waals surface area contributed by atoms with E-state index in [0.717, 1.165) is 12.1 Å². The molecule has 0 atom stereocenters. The summed E-state index contributed by atoms with van der Waals surface area (Å²) in [4.78, 5) is 0. The molecular weight excluding hydrogens is 204 g/mol. The van der Waals surface area contributed by atoms with Crippen molar-refractivity contribution in [3.63, 3.8) is 0 Å². The van der Waals surface area contributed by atoms with Gasteiger partial charge >= 0.3 is 6.98 Å². The van der Waals surface area contributed by atoms with E-state index in [2.05, 4.69) is 6.58 Å². The largest absolute Gasteiger partial charge is 0.509 e. The first-order valence-corrected chi connectivity index (χ1v) is 4.57. The summed E-state index contributed by atoms with van der Waals surface area (Å²) in [6.07, 6.45) is 2.26. The Morgan fingerprint density at radius 1 is 1.33 bits per heavy atom. The van der Waals surface area contributed by atoms with Crippen molar-refractivity contribution in [2.24, 2.45) is 0 Å². The van der Waals surface area contributed by atoms with Crippen molar-refractivity contribution in [2.75, 3.05) is 6.61 Å². The number of hydrogen-bond donors (Lipinski definition) is 0. The van der Waals surface area contributed by atoms with Gasteiger partial charge in [-0.1, -0.05) is 18.2 Å². The van der Waals surface area contributed by atoms with Crippen molar-refractivity contribution in [3.8, 4) is 5.75 Å². The minimum absolute atomic E-state index is 0.244. The molecule has 15 heavy (non-hydrogen) atoms. The van der Waals surface area contributed by atoms with Crippen molar-refractivity contribution in [2.45, 2.75) is 6.42 Å². The van der Waals surface area contributed by atoms with Crippen LogP contribution in [-0.2, 0) is 0 Å². The van der Waals surface area contributed by atoms with Crippen molar-refractivity contribution < 1.29 is 17.7 Å². The van der Waals surface area contributed by atoms with E-state index in [0.29, 0.717) is 13.0 Å². The molecule has 1 rings (SSSR count). The minimum atomic E-state index is -4.95. The van der Waals surface area contributed by atoms with Gasteiger partial charge in [-0.05, 0) is 18.6 Å². The Bertz CT molecular complexity index is 336. The Morgan fingerprint density at radius 3 is 2.67 bits per heavy atom. The molecule has 0 radical (unpaired) electrons. The molecule has 0 aliphatic carbocycles. The fraction of sp³-hybridized carbons (Fsp3) is 0.200. The van der Waals surface area contributed by atoms with Crippen LogP contribution in [0.3, 0.4) is 0 Å². The smallest absolute Gasteiger partial charge is 0.493 e. The van der Waals surface area contributed by atoms with E-state index in [4.69, 9.17) is 4.74 Å². The predicted octanol–water partition coefficient (Wildman–Crippen LogP) is 2.70. The zero-order valence-electron chi connectivity index (χ0n) is 8.13. The molecule has 0 bridgehead atoms. The van der Waals surface area contributed by atoms with Crippen LogP contribution in [-0.4, -0.2) is 13.6 Å². The molecular formula is C10H11BF3O-. The SMILES string of the molecule is C=CCCOc1cccc([B-](F)(F)F)c1. The Kier molecular flexibility index (Phi) is 3.83. The standard InChI is InChI=1S/C10H11BF3O/c1-2-3-7-15-10-6-4-5-9(8-10)11(12,13)14/h2,4-6,8H,1,3,7H2/q-1. The molecule has 5 heteroatoms. The summed E-state index contributed by atoms with van der Waals surface area (Å²) in [5.74, 6) is 0.244. The molecule has 0 N–H and O–H groups in total. The molecule has 0 saturated carbocycles. The monoisotopic (exact) mass is 215 g/mol. The van der Waals surface area contributed by atoms with Crippen molar-refractivity contribution in [3.05, 3.63) is 36.9 Å². The second-order valence-electron chi connectivity index (χ2n) is 3.07. The summed E-state index contributed by atoms with van der Waals surface area (Å²) in [5, 5.41) is 0. The normalized spacial score (nSPS) is 11.1. The lowest BCUT2D eigenvalue weighted by molar-refractivity contribution is 0.325. The molecule has 1 aromatic rings. The maximum atomic E-state index is 12.3. The Morgan fingerprint density at radius 2 is 2.07 bits per heavy atom. The molecule has 1 aromatic carbocycles. The maximum Gasteiger partial charge on any atom is 0.509 e. The lowest BCUT2D eigenvalue weighted by atomic mass is 9.80. The number of ether oxygens (including phenoxy) is 1. The summed E-state index contributed by atoms with van der Waals surface area (Å²) >= 11 is 0. The molecule has 82 valence electrons. The zero-order valence-corrected chi connectivity index (χ0v) is 8.13. The molecule has 0 unspecified atom stereocenters. The van der Waals surface area contributed by atoms with Crippen LogP contribution in [0.1, 0.15) is 6.42 Å². The van der Waals surface area contributed by atoms with Gasteiger partial charge in [0.25, 0.3) is 0 Å². The molecule has 0 saturated heterocycles. The molecule has 0 heterocycles. The molecule has 0 aliphatic heterocycles. The summed E-state index contributed by atoms with van der Waals surface area (Å²) in [5.41, 5.74) is -0.633. The van der Waals surface area contributed by atoms with Crippen LogP contribution in [0, 0.1) is 0 Å². The third kappa shape index (κ3) is 3.69. The van der Waals surface area contributed by atoms with Gasteiger partial charge in [-0.3, -0.25) is 0 Å². The quantitative estimate of drug-likeness (QED) is 0.416. The summed E-state index contributed by atoms with van der Waals surface area (Å²) in [6, 6.07) is 4.91. The third-order valence-electron chi connectivity index (χ3n) is 1.83. The van der Waals surface area contributed by atoms with Crippen LogP contribution in [0.4, 0.5) is 12.9 Å². The topological polar surface area (TPSA) is 9.23 Å². The van der Waals surface area contributed by atoms with E-state index in [9.17, 15) is 12.9 Å². The van der Waals surface area contributed by atoms with Crippen LogP contribution in [0.2, 0.25) is 0 Å². The second-order valence-corrected chi connectivity index (χ2v) is 3.07. The zero-order chi connectivity index (χ0) is 11.3. The van der Waals surface area contributed by atoms with Gasteiger partial charge in [-0.15, -0.1) is 12.0 Å². The molecule has 0 spiro atoms. The lowest BCUT2D eigenvalue weighted by Gasteiger charge is -2.15. The summed E-state index contributed by atoms with van der Waals surface area (Å²) in [6.45, 7) is -1.11. The number of rotatable bonds is 5. The summed E-state index contributed by atoms with van der Waals surface area (Å²) in [7, 11) is 0. The molecule has 0 aromatic heterocycles. The number of benzene rings is 1. The molecule has 0 fully saturated rings. The van der Waals surface area contributed by atoms with Crippen molar-refractivity contribution in [1.82, 2.24) is 0 Å². The van der Waals surface area contributed by atoms with Crippen LogP contribution in [0.25, 0.3) is 0 Å². The fourth-order valence-electron chi connectivity index (χ4n) is 1.07. The van der Waals surface area contributed by atoms with Gasteiger partial charge in [-0.2, -0.15) is 0 Å². The maximum absolute atomic E-state index is 12.3.